The molecule has 1 amide bonds. The average molecular weight is 522 g/mol. The van der Waals surface area contributed by atoms with Crippen molar-refractivity contribution in [1.82, 2.24) is 0 Å². The normalized spacial score (nSPS) is 10.8. The van der Waals surface area contributed by atoms with Crippen LogP contribution in [0, 0.1) is 11.3 Å². The summed E-state index contributed by atoms with van der Waals surface area (Å²) >= 11 is 6.90. The van der Waals surface area contributed by atoms with Crippen LogP contribution in [0.5, 0.6) is 5.75 Å². The summed E-state index contributed by atoms with van der Waals surface area (Å²) in [5.74, 6) is -0.363. The second-order valence-corrected chi connectivity index (χ2v) is 7.56. The summed E-state index contributed by atoms with van der Waals surface area (Å²) in [6, 6.07) is 11.6. The van der Waals surface area contributed by atoms with Crippen molar-refractivity contribution in [1.29, 1.82) is 5.26 Å². The second-order valence-electron chi connectivity index (χ2n) is 5.86. The zero-order valence-electron chi connectivity index (χ0n) is 15.8. The summed E-state index contributed by atoms with van der Waals surface area (Å²) in [5.41, 5.74) is 1.40. The quantitative estimate of drug-likeness (QED) is 0.302. The number of anilines is 1. The van der Waals surface area contributed by atoms with Crippen molar-refractivity contribution in [3.63, 3.8) is 0 Å². The molecular weight excluding hydrogens is 504 g/mol. The first-order valence-electron chi connectivity index (χ1n) is 8.63. The van der Waals surface area contributed by atoms with E-state index in [1.54, 1.807) is 24.3 Å². The first-order chi connectivity index (χ1) is 13.9. The molecule has 0 bridgehead atoms. The summed E-state index contributed by atoms with van der Waals surface area (Å²) in [4.78, 5) is 23.9. The maximum atomic E-state index is 12.5. The van der Waals surface area contributed by atoms with Gasteiger partial charge in [-0.3, -0.25) is 4.79 Å². The van der Waals surface area contributed by atoms with E-state index in [0.717, 1.165) is 6.42 Å². The molecular formula is C21H18Br2N2O4. The fourth-order valence-corrected chi connectivity index (χ4v) is 3.78. The molecule has 29 heavy (non-hydrogen) atoms. The van der Waals surface area contributed by atoms with Crippen LogP contribution in [-0.2, 0) is 9.53 Å². The number of amides is 1. The number of hydrogen-bond acceptors (Lipinski definition) is 5. The van der Waals surface area contributed by atoms with Crippen LogP contribution < -0.4 is 10.1 Å². The predicted octanol–water partition coefficient (Wildman–Crippen LogP) is 5.33. The number of esters is 1. The zero-order valence-corrected chi connectivity index (χ0v) is 19.0. The number of halogens is 2. The first-order valence-corrected chi connectivity index (χ1v) is 10.2. The van der Waals surface area contributed by atoms with E-state index in [-0.39, 0.29) is 5.57 Å². The van der Waals surface area contributed by atoms with Crippen LogP contribution in [0.2, 0.25) is 0 Å². The highest BCUT2D eigenvalue weighted by atomic mass is 79.9. The number of methoxy groups -OCH3 is 1. The monoisotopic (exact) mass is 520 g/mol. The number of ether oxygens (including phenoxy) is 2. The SMILES string of the molecule is CCCOc1c(Br)cc(/C=C(\C#N)C(=O)Nc2ccc(C(=O)OC)cc2)cc1Br. The lowest BCUT2D eigenvalue weighted by Crippen LogP contribution is -2.13. The van der Waals surface area contributed by atoms with Crippen LogP contribution in [0.25, 0.3) is 6.08 Å². The molecule has 0 aliphatic carbocycles. The van der Waals surface area contributed by atoms with Gasteiger partial charge >= 0.3 is 5.97 Å². The van der Waals surface area contributed by atoms with E-state index in [1.807, 2.05) is 13.0 Å². The number of hydrogen-bond donors (Lipinski definition) is 1. The van der Waals surface area contributed by atoms with Gasteiger partial charge in [0.15, 0.2) is 0 Å². The van der Waals surface area contributed by atoms with Gasteiger partial charge in [-0.2, -0.15) is 5.26 Å². The largest absolute Gasteiger partial charge is 0.491 e. The Kier molecular flexibility index (Phi) is 8.43. The molecule has 0 saturated carbocycles. The molecule has 2 aromatic carbocycles. The molecule has 0 aromatic heterocycles. The minimum absolute atomic E-state index is 0.0666. The van der Waals surface area contributed by atoms with Gasteiger partial charge in [-0.25, -0.2) is 4.79 Å². The molecule has 0 atom stereocenters. The van der Waals surface area contributed by atoms with E-state index in [2.05, 4.69) is 41.9 Å². The Labute approximate surface area is 185 Å². The molecule has 0 unspecified atom stereocenters. The Morgan fingerprint density at radius 2 is 1.79 bits per heavy atom. The summed E-state index contributed by atoms with van der Waals surface area (Å²) in [6.07, 6.45) is 2.36. The molecule has 0 fully saturated rings. The molecule has 8 heteroatoms. The molecule has 0 heterocycles. The Balaban J connectivity index is 2.20. The van der Waals surface area contributed by atoms with Crippen molar-refractivity contribution in [3.05, 3.63) is 62.0 Å². The number of nitrogens with zero attached hydrogens (tertiary/aromatic N) is 1. The summed E-state index contributed by atoms with van der Waals surface area (Å²) in [5, 5.41) is 12.0. The van der Waals surface area contributed by atoms with Gasteiger partial charge in [0, 0.05) is 5.69 Å². The van der Waals surface area contributed by atoms with Gasteiger partial charge in [-0.05, 0) is 86.3 Å². The van der Waals surface area contributed by atoms with Gasteiger partial charge in [-0.1, -0.05) is 6.92 Å². The van der Waals surface area contributed by atoms with Crippen molar-refractivity contribution in [2.45, 2.75) is 13.3 Å². The highest BCUT2D eigenvalue weighted by Crippen LogP contribution is 2.35. The molecule has 6 nitrogen and oxygen atoms in total. The fraction of sp³-hybridized carbons (Fsp3) is 0.190. The van der Waals surface area contributed by atoms with Gasteiger partial charge in [-0.15, -0.1) is 0 Å². The smallest absolute Gasteiger partial charge is 0.337 e. The molecule has 1 N–H and O–H groups in total. The van der Waals surface area contributed by atoms with E-state index in [4.69, 9.17) is 4.74 Å². The summed E-state index contributed by atoms with van der Waals surface area (Å²) < 4.78 is 11.7. The minimum atomic E-state index is -0.558. The Morgan fingerprint density at radius 1 is 1.17 bits per heavy atom. The summed E-state index contributed by atoms with van der Waals surface area (Å²) in [7, 11) is 1.29. The van der Waals surface area contributed by atoms with Crippen LogP contribution in [0.4, 0.5) is 5.69 Å². The van der Waals surface area contributed by atoms with Crippen LogP contribution in [0.3, 0.4) is 0 Å². The van der Waals surface area contributed by atoms with E-state index in [1.165, 1.54) is 25.3 Å². The van der Waals surface area contributed by atoms with Crippen molar-refractivity contribution < 1.29 is 19.1 Å². The van der Waals surface area contributed by atoms with Crippen LogP contribution in [0.15, 0.2) is 50.9 Å². The second kappa shape index (κ2) is 10.8. The molecule has 0 aliphatic rings. The van der Waals surface area contributed by atoms with Crippen LogP contribution in [0.1, 0.15) is 29.3 Å². The van der Waals surface area contributed by atoms with Gasteiger partial charge in [0.2, 0.25) is 0 Å². The van der Waals surface area contributed by atoms with E-state index >= 15 is 0 Å². The topological polar surface area (TPSA) is 88.4 Å². The van der Waals surface area contributed by atoms with E-state index < -0.39 is 11.9 Å². The number of carbonyl (C=O) groups is 2. The highest BCUT2D eigenvalue weighted by molar-refractivity contribution is 9.11. The lowest BCUT2D eigenvalue weighted by atomic mass is 10.1. The predicted molar refractivity (Wildman–Crippen MR) is 118 cm³/mol. The van der Waals surface area contributed by atoms with Crippen LogP contribution >= 0.6 is 31.9 Å². The Hall–Kier alpha value is -2.63. The lowest BCUT2D eigenvalue weighted by Gasteiger charge is -2.10. The number of nitrogens with one attached hydrogen (secondary N) is 1. The maximum Gasteiger partial charge on any atom is 0.337 e. The van der Waals surface area contributed by atoms with Gasteiger partial charge in [0.05, 0.1) is 28.2 Å². The van der Waals surface area contributed by atoms with Gasteiger partial charge in [0.1, 0.15) is 17.4 Å². The number of carbonyl (C=O) groups excluding carboxylic acids is 2. The number of nitriles is 1. The van der Waals surface area contributed by atoms with Gasteiger partial charge < -0.3 is 14.8 Å². The third kappa shape index (κ3) is 6.17. The molecule has 0 spiro atoms. The minimum Gasteiger partial charge on any atom is -0.491 e. The molecule has 0 aliphatic heterocycles. The molecule has 150 valence electrons. The van der Waals surface area contributed by atoms with Crippen molar-refractivity contribution in [3.8, 4) is 11.8 Å². The van der Waals surface area contributed by atoms with Crippen molar-refractivity contribution in [2.75, 3.05) is 19.0 Å². The first kappa shape index (κ1) is 22.7. The molecule has 2 aromatic rings. The lowest BCUT2D eigenvalue weighted by molar-refractivity contribution is -0.112. The fourth-order valence-electron chi connectivity index (χ4n) is 2.33. The average Bonchev–Trinajstić information content (AvgIpc) is 2.71. The van der Waals surface area contributed by atoms with Crippen molar-refractivity contribution in [2.24, 2.45) is 0 Å². The molecule has 0 radical (unpaired) electrons. The molecule has 2 rings (SSSR count). The van der Waals surface area contributed by atoms with E-state index in [9.17, 15) is 14.9 Å². The number of rotatable bonds is 7. The third-order valence-corrected chi connectivity index (χ3v) is 4.89. The highest BCUT2D eigenvalue weighted by Gasteiger charge is 2.13. The number of benzene rings is 2. The standard InChI is InChI=1S/C21H18Br2N2O4/c1-3-8-29-19-17(22)10-13(11-18(19)23)9-15(12-24)20(26)25-16-6-4-14(5-7-16)21(27)28-2/h4-7,9-11H,3,8H2,1-2H3,(H,25,26)/b15-9+. The Bertz CT molecular complexity index is 956. The maximum absolute atomic E-state index is 12.5. The molecule has 0 saturated heterocycles. The van der Waals surface area contributed by atoms with Gasteiger partial charge in [0.25, 0.3) is 5.91 Å². The van der Waals surface area contributed by atoms with Crippen molar-refractivity contribution >= 4 is 55.5 Å². The third-order valence-electron chi connectivity index (χ3n) is 3.71. The zero-order chi connectivity index (χ0) is 21.4. The van der Waals surface area contributed by atoms with E-state index in [0.29, 0.717) is 38.1 Å². The Morgan fingerprint density at radius 3 is 2.31 bits per heavy atom. The summed E-state index contributed by atoms with van der Waals surface area (Å²) in [6.45, 7) is 2.59. The van der Waals surface area contributed by atoms with Crippen LogP contribution in [-0.4, -0.2) is 25.6 Å².